The molecule has 14 heavy (non-hydrogen) atoms. The number of carbonyl (C=O) groups is 2. The molecule has 0 saturated carbocycles. The maximum atomic E-state index is 11.1. The lowest BCUT2D eigenvalue weighted by atomic mass is 10.2. The van der Waals surface area contributed by atoms with E-state index in [4.69, 9.17) is 5.11 Å². The molecule has 0 aliphatic carbocycles. The van der Waals surface area contributed by atoms with Gasteiger partial charge in [0.2, 0.25) is 11.8 Å². The van der Waals surface area contributed by atoms with Gasteiger partial charge in [-0.1, -0.05) is 0 Å². The van der Waals surface area contributed by atoms with Gasteiger partial charge in [0, 0.05) is 13.0 Å². The second-order valence-electron chi connectivity index (χ2n) is 3.12. The first-order chi connectivity index (χ1) is 6.56. The molecule has 2 amide bonds. The molecule has 3 N–H and O–H groups in total. The monoisotopic (exact) mass is 202 g/mol. The fraction of sp³-hybridized carbons (Fsp3) is 0.778. The molecule has 5 nitrogen and oxygen atoms in total. The van der Waals surface area contributed by atoms with E-state index in [9.17, 15) is 9.59 Å². The molecule has 5 heteroatoms. The molecule has 0 saturated heterocycles. The van der Waals surface area contributed by atoms with Crippen LogP contribution in [0.25, 0.3) is 0 Å². The molecule has 0 aliphatic heterocycles. The summed E-state index contributed by atoms with van der Waals surface area (Å²) in [7, 11) is 0. The maximum absolute atomic E-state index is 11.1. The van der Waals surface area contributed by atoms with Crippen molar-refractivity contribution in [3.63, 3.8) is 0 Å². The molecule has 0 rings (SSSR count). The summed E-state index contributed by atoms with van der Waals surface area (Å²) in [6.45, 7) is 4.00. The van der Waals surface area contributed by atoms with E-state index in [0.717, 1.165) is 0 Å². The van der Waals surface area contributed by atoms with Crippen molar-refractivity contribution >= 4 is 11.8 Å². The van der Waals surface area contributed by atoms with Gasteiger partial charge in [-0.25, -0.2) is 0 Å². The molecule has 0 bridgehead atoms. The molecule has 1 atom stereocenters. The molecule has 0 spiro atoms. The first kappa shape index (κ1) is 12.9. The Morgan fingerprint density at radius 1 is 1.29 bits per heavy atom. The lowest BCUT2D eigenvalue weighted by Crippen LogP contribution is -2.36. The van der Waals surface area contributed by atoms with E-state index in [-0.39, 0.29) is 24.8 Å². The van der Waals surface area contributed by atoms with E-state index < -0.39 is 6.10 Å². The number of aliphatic hydroxyl groups excluding tert-OH is 1. The zero-order valence-corrected chi connectivity index (χ0v) is 8.67. The Hall–Kier alpha value is -1.10. The number of hydrogen-bond acceptors (Lipinski definition) is 3. The highest BCUT2D eigenvalue weighted by molar-refractivity contribution is 5.84. The molecule has 0 aromatic heterocycles. The maximum Gasteiger partial charge on any atom is 0.239 e. The van der Waals surface area contributed by atoms with E-state index >= 15 is 0 Å². The van der Waals surface area contributed by atoms with E-state index in [0.29, 0.717) is 13.0 Å². The first-order valence-electron chi connectivity index (χ1n) is 4.77. The Kier molecular flexibility index (Phi) is 6.74. The van der Waals surface area contributed by atoms with Crippen LogP contribution in [0.2, 0.25) is 0 Å². The molecular formula is C9H18N2O3. The lowest BCUT2D eigenvalue weighted by Gasteiger charge is -2.06. The van der Waals surface area contributed by atoms with Crippen LogP contribution in [0.4, 0.5) is 0 Å². The van der Waals surface area contributed by atoms with Gasteiger partial charge in [0.05, 0.1) is 12.6 Å². The standard InChI is InChI=1S/C9H18N2O3/c1-3-10-9(14)6-11-8(13)5-4-7(2)12/h7,12H,3-6H2,1-2H3,(H,10,14)(H,11,13). The molecule has 0 aromatic carbocycles. The SMILES string of the molecule is CCNC(=O)CNC(=O)CCC(C)O. The van der Waals surface area contributed by atoms with Crippen molar-refractivity contribution in [1.82, 2.24) is 10.6 Å². The van der Waals surface area contributed by atoms with Gasteiger partial charge in [0.15, 0.2) is 0 Å². The fourth-order valence-electron chi connectivity index (χ4n) is 0.867. The number of amides is 2. The number of carbonyl (C=O) groups excluding carboxylic acids is 2. The summed E-state index contributed by atoms with van der Waals surface area (Å²) < 4.78 is 0. The van der Waals surface area contributed by atoms with Gasteiger partial charge in [-0.15, -0.1) is 0 Å². The largest absolute Gasteiger partial charge is 0.393 e. The Morgan fingerprint density at radius 2 is 1.93 bits per heavy atom. The zero-order chi connectivity index (χ0) is 11.0. The summed E-state index contributed by atoms with van der Waals surface area (Å²) in [5, 5.41) is 13.9. The summed E-state index contributed by atoms with van der Waals surface area (Å²) in [4.78, 5) is 22.0. The summed E-state index contributed by atoms with van der Waals surface area (Å²) in [5.41, 5.74) is 0. The van der Waals surface area contributed by atoms with Crippen LogP contribution < -0.4 is 10.6 Å². The summed E-state index contributed by atoms with van der Waals surface area (Å²) in [6.07, 6.45) is 0.184. The second kappa shape index (κ2) is 7.32. The molecule has 0 fully saturated rings. The molecule has 0 aliphatic rings. The Balaban J connectivity index is 3.48. The van der Waals surface area contributed by atoms with Gasteiger partial charge in [0.25, 0.3) is 0 Å². The smallest absolute Gasteiger partial charge is 0.239 e. The number of nitrogens with one attached hydrogen (secondary N) is 2. The van der Waals surface area contributed by atoms with E-state index in [1.807, 2.05) is 6.92 Å². The third-order valence-corrected chi connectivity index (χ3v) is 1.61. The van der Waals surface area contributed by atoms with Crippen LogP contribution in [0.1, 0.15) is 26.7 Å². The summed E-state index contributed by atoms with van der Waals surface area (Å²) >= 11 is 0. The van der Waals surface area contributed by atoms with Gasteiger partial charge in [-0.2, -0.15) is 0 Å². The highest BCUT2D eigenvalue weighted by Crippen LogP contribution is 1.94. The predicted octanol–water partition coefficient (Wildman–Crippen LogP) is -0.600. The Bertz CT molecular complexity index is 192. The van der Waals surface area contributed by atoms with Crippen molar-refractivity contribution in [3.8, 4) is 0 Å². The normalized spacial score (nSPS) is 11.9. The minimum absolute atomic E-state index is 0.00643. The molecular weight excluding hydrogens is 184 g/mol. The van der Waals surface area contributed by atoms with Crippen LogP contribution >= 0.6 is 0 Å². The van der Waals surface area contributed by atoms with Gasteiger partial charge in [0.1, 0.15) is 0 Å². The minimum Gasteiger partial charge on any atom is -0.393 e. The van der Waals surface area contributed by atoms with Crippen molar-refractivity contribution in [2.75, 3.05) is 13.1 Å². The molecule has 1 unspecified atom stereocenters. The number of aliphatic hydroxyl groups is 1. The van der Waals surface area contributed by atoms with Crippen molar-refractivity contribution < 1.29 is 14.7 Å². The Morgan fingerprint density at radius 3 is 2.43 bits per heavy atom. The lowest BCUT2D eigenvalue weighted by molar-refractivity contribution is -0.126. The summed E-state index contributed by atoms with van der Waals surface area (Å²) in [5.74, 6) is -0.407. The van der Waals surface area contributed by atoms with Gasteiger partial charge in [-0.05, 0) is 20.3 Å². The fourth-order valence-corrected chi connectivity index (χ4v) is 0.867. The predicted molar refractivity (Wildman–Crippen MR) is 52.6 cm³/mol. The van der Waals surface area contributed by atoms with Gasteiger partial charge in [-0.3, -0.25) is 9.59 Å². The average molecular weight is 202 g/mol. The molecule has 0 radical (unpaired) electrons. The average Bonchev–Trinajstić information content (AvgIpc) is 2.12. The third-order valence-electron chi connectivity index (χ3n) is 1.61. The van der Waals surface area contributed by atoms with Crippen LogP contribution in [-0.4, -0.2) is 36.1 Å². The van der Waals surface area contributed by atoms with Crippen LogP contribution in [0.3, 0.4) is 0 Å². The van der Waals surface area contributed by atoms with E-state index in [1.165, 1.54) is 0 Å². The van der Waals surface area contributed by atoms with Crippen molar-refractivity contribution in [2.24, 2.45) is 0 Å². The second-order valence-corrected chi connectivity index (χ2v) is 3.12. The van der Waals surface area contributed by atoms with Crippen LogP contribution in [0, 0.1) is 0 Å². The van der Waals surface area contributed by atoms with Crippen LogP contribution in [0.5, 0.6) is 0 Å². The van der Waals surface area contributed by atoms with E-state index in [1.54, 1.807) is 6.92 Å². The van der Waals surface area contributed by atoms with Crippen molar-refractivity contribution in [2.45, 2.75) is 32.8 Å². The minimum atomic E-state index is -0.481. The highest BCUT2D eigenvalue weighted by atomic mass is 16.3. The van der Waals surface area contributed by atoms with Gasteiger partial charge >= 0.3 is 0 Å². The first-order valence-corrected chi connectivity index (χ1v) is 4.77. The molecule has 0 heterocycles. The number of likely N-dealkylation sites (N-methyl/N-ethyl adjacent to an activating group) is 1. The molecule has 0 aromatic rings. The van der Waals surface area contributed by atoms with Crippen LogP contribution in [0.15, 0.2) is 0 Å². The molecule has 82 valence electrons. The summed E-state index contributed by atoms with van der Waals surface area (Å²) in [6, 6.07) is 0. The topological polar surface area (TPSA) is 78.4 Å². The quantitative estimate of drug-likeness (QED) is 0.538. The number of rotatable bonds is 6. The third kappa shape index (κ3) is 7.54. The Labute approximate surface area is 83.9 Å². The van der Waals surface area contributed by atoms with Crippen molar-refractivity contribution in [1.29, 1.82) is 0 Å². The van der Waals surface area contributed by atoms with E-state index in [2.05, 4.69) is 10.6 Å². The highest BCUT2D eigenvalue weighted by Gasteiger charge is 2.05. The van der Waals surface area contributed by atoms with Crippen LogP contribution in [-0.2, 0) is 9.59 Å². The zero-order valence-electron chi connectivity index (χ0n) is 8.67. The van der Waals surface area contributed by atoms with Crippen molar-refractivity contribution in [3.05, 3.63) is 0 Å². The number of hydrogen-bond donors (Lipinski definition) is 3. The van der Waals surface area contributed by atoms with Gasteiger partial charge < -0.3 is 15.7 Å².